The standard InChI is InChI=1S/C13H17N3/c1-10-12(9-15)5-6-16(10)13-4-2-3-11(7-13)8-14/h2-4,7,10,12H,5-6,9,15H2,1H3. The van der Waals surface area contributed by atoms with Crippen LogP contribution in [0.25, 0.3) is 0 Å². The quantitative estimate of drug-likeness (QED) is 0.817. The van der Waals surface area contributed by atoms with Crippen LogP contribution in [0, 0.1) is 17.2 Å². The van der Waals surface area contributed by atoms with Crippen molar-refractivity contribution in [3.8, 4) is 6.07 Å². The fourth-order valence-corrected chi connectivity index (χ4v) is 2.44. The highest BCUT2D eigenvalue weighted by Crippen LogP contribution is 2.29. The Balaban J connectivity index is 2.22. The fourth-order valence-electron chi connectivity index (χ4n) is 2.44. The number of anilines is 1. The van der Waals surface area contributed by atoms with Crippen molar-refractivity contribution in [2.75, 3.05) is 18.0 Å². The summed E-state index contributed by atoms with van der Waals surface area (Å²) >= 11 is 0. The minimum Gasteiger partial charge on any atom is -0.368 e. The first-order valence-corrected chi connectivity index (χ1v) is 5.73. The Morgan fingerprint density at radius 2 is 2.38 bits per heavy atom. The van der Waals surface area contributed by atoms with E-state index >= 15 is 0 Å². The van der Waals surface area contributed by atoms with E-state index in [0.29, 0.717) is 12.0 Å². The summed E-state index contributed by atoms with van der Waals surface area (Å²) in [4.78, 5) is 2.35. The molecule has 0 amide bonds. The molecular formula is C13H17N3. The van der Waals surface area contributed by atoms with Gasteiger partial charge in [-0.2, -0.15) is 5.26 Å². The molecule has 0 saturated carbocycles. The lowest BCUT2D eigenvalue weighted by Gasteiger charge is -2.26. The third kappa shape index (κ3) is 1.89. The van der Waals surface area contributed by atoms with E-state index < -0.39 is 0 Å². The van der Waals surface area contributed by atoms with E-state index in [-0.39, 0.29) is 0 Å². The zero-order chi connectivity index (χ0) is 11.5. The summed E-state index contributed by atoms with van der Waals surface area (Å²) < 4.78 is 0. The van der Waals surface area contributed by atoms with Gasteiger partial charge in [0, 0.05) is 18.3 Å². The molecule has 2 rings (SSSR count). The highest BCUT2D eigenvalue weighted by atomic mass is 15.2. The van der Waals surface area contributed by atoms with E-state index in [4.69, 9.17) is 11.0 Å². The molecule has 1 saturated heterocycles. The number of hydrogen-bond donors (Lipinski definition) is 1. The minimum absolute atomic E-state index is 0.471. The minimum atomic E-state index is 0.471. The van der Waals surface area contributed by atoms with Crippen LogP contribution in [0.5, 0.6) is 0 Å². The lowest BCUT2D eigenvalue weighted by Crippen LogP contribution is -2.32. The molecule has 2 N–H and O–H groups in total. The van der Waals surface area contributed by atoms with E-state index in [0.717, 1.165) is 30.8 Å². The van der Waals surface area contributed by atoms with Gasteiger partial charge in [-0.3, -0.25) is 0 Å². The molecule has 0 aromatic heterocycles. The highest BCUT2D eigenvalue weighted by molar-refractivity contribution is 5.53. The maximum Gasteiger partial charge on any atom is 0.0992 e. The molecule has 1 aromatic rings. The molecule has 3 nitrogen and oxygen atoms in total. The molecule has 0 radical (unpaired) electrons. The van der Waals surface area contributed by atoms with E-state index in [1.165, 1.54) is 0 Å². The summed E-state index contributed by atoms with van der Waals surface area (Å²) in [7, 11) is 0. The van der Waals surface area contributed by atoms with Gasteiger partial charge in [-0.05, 0) is 44.0 Å². The Labute approximate surface area is 96.5 Å². The van der Waals surface area contributed by atoms with Crippen molar-refractivity contribution in [3.05, 3.63) is 29.8 Å². The number of hydrogen-bond acceptors (Lipinski definition) is 3. The van der Waals surface area contributed by atoms with Crippen molar-refractivity contribution in [1.82, 2.24) is 0 Å². The molecule has 0 bridgehead atoms. The van der Waals surface area contributed by atoms with Gasteiger partial charge in [0.2, 0.25) is 0 Å². The predicted octanol–water partition coefficient (Wildman–Crippen LogP) is 1.73. The van der Waals surface area contributed by atoms with Crippen LogP contribution in [0.1, 0.15) is 18.9 Å². The van der Waals surface area contributed by atoms with Crippen LogP contribution in [0.3, 0.4) is 0 Å². The smallest absolute Gasteiger partial charge is 0.0992 e. The number of nitrogens with two attached hydrogens (primary N) is 1. The van der Waals surface area contributed by atoms with Crippen LogP contribution < -0.4 is 10.6 Å². The van der Waals surface area contributed by atoms with E-state index in [1.807, 2.05) is 18.2 Å². The number of benzene rings is 1. The average molecular weight is 215 g/mol. The maximum atomic E-state index is 8.88. The Bertz CT molecular complexity index is 408. The third-order valence-electron chi connectivity index (χ3n) is 3.52. The molecule has 1 aromatic carbocycles. The van der Waals surface area contributed by atoms with Crippen molar-refractivity contribution >= 4 is 5.69 Å². The molecule has 2 unspecified atom stereocenters. The summed E-state index contributed by atoms with van der Waals surface area (Å²) in [6, 6.07) is 10.4. The lowest BCUT2D eigenvalue weighted by atomic mass is 10.0. The van der Waals surface area contributed by atoms with Crippen LogP contribution in [0.4, 0.5) is 5.69 Å². The zero-order valence-electron chi connectivity index (χ0n) is 9.56. The van der Waals surface area contributed by atoms with Gasteiger partial charge in [-0.15, -0.1) is 0 Å². The second-order valence-corrected chi connectivity index (χ2v) is 4.38. The molecular weight excluding hydrogens is 198 g/mol. The molecule has 0 spiro atoms. The number of nitrogens with zero attached hydrogens (tertiary/aromatic N) is 2. The predicted molar refractivity (Wildman–Crippen MR) is 65.1 cm³/mol. The fraction of sp³-hybridized carbons (Fsp3) is 0.462. The van der Waals surface area contributed by atoms with Gasteiger partial charge in [0.1, 0.15) is 0 Å². The van der Waals surface area contributed by atoms with Crippen molar-refractivity contribution < 1.29 is 0 Å². The van der Waals surface area contributed by atoms with E-state index in [9.17, 15) is 0 Å². The van der Waals surface area contributed by atoms with Gasteiger partial charge in [-0.1, -0.05) is 6.07 Å². The first-order chi connectivity index (χ1) is 7.76. The molecule has 84 valence electrons. The maximum absolute atomic E-state index is 8.88. The highest BCUT2D eigenvalue weighted by Gasteiger charge is 2.29. The Hall–Kier alpha value is -1.53. The SMILES string of the molecule is CC1C(CN)CCN1c1cccc(C#N)c1. The molecule has 16 heavy (non-hydrogen) atoms. The summed E-state index contributed by atoms with van der Waals surface area (Å²) in [5, 5.41) is 8.88. The zero-order valence-corrected chi connectivity index (χ0v) is 9.56. The van der Waals surface area contributed by atoms with Gasteiger partial charge < -0.3 is 10.6 Å². The Kier molecular flexibility index (Phi) is 3.12. The van der Waals surface area contributed by atoms with Gasteiger partial charge in [0.05, 0.1) is 11.6 Å². The van der Waals surface area contributed by atoms with Crippen molar-refractivity contribution in [2.45, 2.75) is 19.4 Å². The van der Waals surface area contributed by atoms with Crippen molar-refractivity contribution in [1.29, 1.82) is 5.26 Å². The van der Waals surface area contributed by atoms with Crippen LogP contribution >= 0.6 is 0 Å². The average Bonchev–Trinajstić information content (AvgIpc) is 2.70. The molecule has 1 aliphatic heterocycles. The van der Waals surface area contributed by atoms with Crippen molar-refractivity contribution in [2.24, 2.45) is 11.7 Å². The molecule has 1 aliphatic rings. The van der Waals surface area contributed by atoms with Gasteiger partial charge in [-0.25, -0.2) is 0 Å². The summed E-state index contributed by atoms with van der Waals surface area (Å²) in [6.45, 7) is 4.00. The van der Waals surface area contributed by atoms with Crippen LogP contribution in [-0.2, 0) is 0 Å². The second-order valence-electron chi connectivity index (χ2n) is 4.38. The number of rotatable bonds is 2. The summed E-state index contributed by atoms with van der Waals surface area (Å²) in [5.41, 5.74) is 7.61. The van der Waals surface area contributed by atoms with Crippen LogP contribution in [0.2, 0.25) is 0 Å². The Morgan fingerprint density at radius 1 is 1.56 bits per heavy atom. The lowest BCUT2D eigenvalue weighted by molar-refractivity contribution is 0.508. The first kappa shape index (κ1) is 11.0. The first-order valence-electron chi connectivity index (χ1n) is 5.73. The second kappa shape index (κ2) is 4.54. The molecule has 2 atom stereocenters. The van der Waals surface area contributed by atoms with Crippen molar-refractivity contribution in [3.63, 3.8) is 0 Å². The van der Waals surface area contributed by atoms with E-state index in [1.54, 1.807) is 0 Å². The molecule has 1 heterocycles. The molecule has 1 fully saturated rings. The van der Waals surface area contributed by atoms with Gasteiger partial charge in [0.25, 0.3) is 0 Å². The molecule has 0 aliphatic carbocycles. The normalized spacial score (nSPS) is 24.4. The van der Waals surface area contributed by atoms with Crippen LogP contribution in [0.15, 0.2) is 24.3 Å². The van der Waals surface area contributed by atoms with Gasteiger partial charge in [0.15, 0.2) is 0 Å². The topological polar surface area (TPSA) is 53.0 Å². The largest absolute Gasteiger partial charge is 0.368 e. The van der Waals surface area contributed by atoms with Gasteiger partial charge >= 0.3 is 0 Å². The molecule has 3 heteroatoms. The third-order valence-corrected chi connectivity index (χ3v) is 3.52. The van der Waals surface area contributed by atoms with Crippen LogP contribution in [-0.4, -0.2) is 19.1 Å². The summed E-state index contributed by atoms with van der Waals surface area (Å²) in [6.07, 6.45) is 1.15. The summed E-state index contributed by atoms with van der Waals surface area (Å²) in [5.74, 6) is 0.575. The number of nitriles is 1. The Morgan fingerprint density at radius 3 is 3.00 bits per heavy atom. The monoisotopic (exact) mass is 215 g/mol. The van der Waals surface area contributed by atoms with E-state index in [2.05, 4.69) is 24.0 Å².